The number of nitrogens with zero attached hydrogens (tertiary/aromatic N) is 1. The van der Waals surface area contributed by atoms with Crippen molar-refractivity contribution in [2.45, 2.75) is 25.8 Å². The number of rotatable bonds is 2. The van der Waals surface area contributed by atoms with Crippen molar-refractivity contribution in [3.05, 3.63) is 28.5 Å². The predicted molar refractivity (Wildman–Crippen MR) is 79.6 cm³/mol. The molecule has 7 heteroatoms. The summed E-state index contributed by atoms with van der Waals surface area (Å²) in [6, 6.07) is 2.79. The number of carboxylic acids is 1. The van der Waals surface area contributed by atoms with Gasteiger partial charge in [0.2, 0.25) is 0 Å². The minimum atomic E-state index is -1.00. The highest BCUT2D eigenvalue weighted by Crippen LogP contribution is 2.25. The SMILES string of the molecule is CC1CCCN(C(=O)Nc2ccc(F)c(Br)c2)C1C(=O)O. The third-order valence-electron chi connectivity index (χ3n) is 3.62. The largest absolute Gasteiger partial charge is 0.480 e. The number of carbonyl (C=O) groups excluding carboxylic acids is 1. The van der Waals surface area contributed by atoms with E-state index < -0.39 is 23.9 Å². The molecule has 0 aliphatic carbocycles. The van der Waals surface area contributed by atoms with E-state index in [4.69, 9.17) is 0 Å². The number of hydrogen-bond donors (Lipinski definition) is 2. The Balaban J connectivity index is 2.14. The lowest BCUT2D eigenvalue weighted by Gasteiger charge is -2.37. The molecule has 1 aromatic carbocycles. The maximum atomic E-state index is 13.2. The van der Waals surface area contributed by atoms with Crippen LogP contribution < -0.4 is 5.32 Å². The van der Waals surface area contributed by atoms with Gasteiger partial charge in [-0.1, -0.05) is 6.92 Å². The summed E-state index contributed by atoms with van der Waals surface area (Å²) >= 11 is 3.04. The smallest absolute Gasteiger partial charge is 0.326 e. The van der Waals surface area contributed by atoms with Crippen LogP contribution in [0.1, 0.15) is 19.8 Å². The molecule has 2 rings (SSSR count). The number of likely N-dealkylation sites (tertiary alicyclic amines) is 1. The van der Waals surface area contributed by atoms with Gasteiger partial charge in [-0.15, -0.1) is 0 Å². The summed E-state index contributed by atoms with van der Waals surface area (Å²) in [5.74, 6) is -1.53. The van der Waals surface area contributed by atoms with E-state index in [0.717, 1.165) is 12.8 Å². The molecule has 114 valence electrons. The maximum Gasteiger partial charge on any atom is 0.326 e. The second-order valence-corrected chi connectivity index (χ2v) is 6.01. The summed E-state index contributed by atoms with van der Waals surface area (Å²) in [6.45, 7) is 2.22. The summed E-state index contributed by atoms with van der Waals surface area (Å²) < 4.78 is 13.4. The number of aliphatic carboxylic acids is 1. The van der Waals surface area contributed by atoms with Gasteiger partial charge in [0.1, 0.15) is 11.9 Å². The van der Waals surface area contributed by atoms with Gasteiger partial charge in [-0.25, -0.2) is 14.0 Å². The number of nitrogens with one attached hydrogen (secondary N) is 1. The first-order chi connectivity index (χ1) is 9.90. The second kappa shape index (κ2) is 6.43. The monoisotopic (exact) mass is 358 g/mol. The predicted octanol–water partition coefficient (Wildman–Crippen LogP) is 3.31. The number of amides is 2. The van der Waals surface area contributed by atoms with E-state index in [1.807, 2.05) is 6.92 Å². The van der Waals surface area contributed by atoms with Crippen molar-refractivity contribution >= 4 is 33.6 Å². The molecule has 21 heavy (non-hydrogen) atoms. The van der Waals surface area contributed by atoms with Gasteiger partial charge < -0.3 is 15.3 Å². The second-order valence-electron chi connectivity index (χ2n) is 5.16. The number of urea groups is 1. The van der Waals surface area contributed by atoms with Crippen molar-refractivity contribution in [3.63, 3.8) is 0 Å². The molecule has 1 saturated heterocycles. The lowest BCUT2D eigenvalue weighted by molar-refractivity contribution is -0.145. The van der Waals surface area contributed by atoms with Crippen LogP contribution in [0.2, 0.25) is 0 Å². The quantitative estimate of drug-likeness (QED) is 0.851. The molecule has 0 spiro atoms. The average molecular weight is 359 g/mol. The highest BCUT2D eigenvalue weighted by atomic mass is 79.9. The summed E-state index contributed by atoms with van der Waals surface area (Å²) in [4.78, 5) is 24.9. The average Bonchev–Trinajstić information content (AvgIpc) is 2.42. The third-order valence-corrected chi connectivity index (χ3v) is 4.23. The van der Waals surface area contributed by atoms with E-state index in [1.54, 1.807) is 0 Å². The van der Waals surface area contributed by atoms with Crippen LogP contribution in [0, 0.1) is 11.7 Å². The van der Waals surface area contributed by atoms with Crippen LogP contribution in [0.15, 0.2) is 22.7 Å². The van der Waals surface area contributed by atoms with Crippen molar-refractivity contribution in [3.8, 4) is 0 Å². The Morgan fingerprint density at radius 3 is 2.81 bits per heavy atom. The Morgan fingerprint density at radius 2 is 2.19 bits per heavy atom. The molecular weight excluding hydrogens is 343 g/mol. The van der Waals surface area contributed by atoms with E-state index in [1.165, 1.54) is 23.1 Å². The van der Waals surface area contributed by atoms with Crippen LogP contribution in [-0.2, 0) is 4.79 Å². The molecule has 2 N–H and O–H groups in total. The summed E-state index contributed by atoms with van der Waals surface area (Å²) in [7, 11) is 0. The summed E-state index contributed by atoms with van der Waals surface area (Å²) in [5.41, 5.74) is 0.413. The first-order valence-electron chi connectivity index (χ1n) is 6.65. The van der Waals surface area contributed by atoms with Gasteiger partial charge in [0, 0.05) is 12.2 Å². The van der Waals surface area contributed by atoms with Crippen molar-refractivity contribution < 1.29 is 19.1 Å². The molecule has 1 fully saturated rings. The highest BCUT2D eigenvalue weighted by Gasteiger charge is 2.37. The normalized spacial score (nSPS) is 22.0. The first kappa shape index (κ1) is 15.8. The van der Waals surface area contributed by atoms with Gasteiger partial charge in [-0.05, 0) is 52.9 Å². The van der Waals surface area contributed by atoms with E-state index in [9.17, 15) is 19.1 Å². The standard InChI is InChI=1S/C14H16BrFN2O3/c1-8-3-2-6-18(12(8)13(19)20)14(21)17-9-4-5-11(16)10(15)7-9/h4-5,7-8,12H,2-3,6H2,1H3,(H,17,21)(H,19,20). The summed E-state index contributed by atoms with van der Waals surface area (Å²) in [6.07, 6.45) is 1.55. The molecule has 0 aromatic heterocycles. The topological polar surface area (TPSA) is 69.6 Å². The molecule has 1 aromatic rings. The molecular formula is C14H16BrFN2O3. The molecule has 5 nitrogen and oxygen atoms in total. The van der Waals surface area contributed by atoms with Crippen LogP contribution in [0.5, 0.6) is 0 Å². The Labute approximate surface area is 130 Å². The van der Waals surface area contributed by atoms with E-state index in [-0.39, 0.29) is 10.4 Å². The van der Waals surface area contributed by atoms with Crippen LogP contribution in [0.3, 0.4) is 0 Å². The van der Waals surface area contributed by atoms with Crippen molar-refractivity contribution in [2.75, 3.05) is 11.9 Å². The lowest BCUT2D eigenvalue weighted by atomic mass is 9.91. The van der Waals surface area contributed by atoms with Crippen molar-refractivity contribution in [1.29, 1.82) is 0 Å². The fourth-order valence-electron chi connectivity index (χ4n) is 2.56. The first-order valence-corrected chi connectivity index (χ1v) is 7.45. The number of carboxylic acid groups (broad SMARTS) is 1. The molecule has 2 atom stereocenters. The minimum absolute atomic E-state index is 0.0954. The zero-order valence-corrected chi connectivity index (χ0v) is 13.1. The molecule has 2 unspecified atom stereocenters. The van der Waals surface area contributed by atoms with Crippen LogP contribution >= 0.6 is 15.9 Å². The van der Waals surface area contributed by atoms with Crippen LogP contribution in [0.25, 0.3) is 0 Å². The molecule has 2 amide bonds. The zero-order chi connectivity index (χ0) is 15.6. The highest BCUT2D eigenvalue weighted by molar-refractivity contribution is 9.10. The molecule has 0 bridgehead atoms. The van der Waals surface area contributed by atoms with Gasteiger partial charge in [-0.2, -0.15) is 0 Å². The fraction of sp³-hybridized carbons (Fsp3) is 0.429. The van der Waals surface area contributed by atoms with E-state index in [0.29, 0.717) is 12.2 Å². The van der Waals surface area contributed by atoms with Gasteiger partial charge in [0.05, 0.1) is 4.47 Å². The molecule has 1 aliphatic rings. The molecule has 1 heterocycles. The van der Waals surface area contributed by atoms with Gasteiger partial charge in [-0.3, -0.25) is 0 Å². The number of piperidine rings is 1. The third kappa shape index (κ3) is 3.53. The Hall–Kier alpha value is -1.63. The molecule has 0 saturated carbocycles. The van der Waals surface area contributed by atoms with Crippen LogP contribution in [0.4, 0.5) is 14.9 Å². The minimum Gasteiger partial charge on any atom is -0.480 e. The van der Waals surface area contributed by atoms with Crippen LogP contribution in [-0.4, -0.2) is 34.6 Å². The number of anilines is 1. The van der Waals surface area contributed by atoms with Gasteiger partial charge in [0.15, 0.2) is 0 Å². The zero-order valence-electron chi connectivity index (χ0n) is 11.5. The summed E-state index contributed by atoms with van der Waals surface area (Å²) in [5, 5.41) is 11.9. The fourth-order valence-corrected chi connectivity index (χ4v) is 2.94. The Morgan fingerprint density at radius 1 is 1.48 bits per heavy atom. The van der Waals surface area contributed by atoms with Crippen molar-refractivity contribution in [2.24, 2.45) is 5.92 Å². The van der Waals surface area contributed by atoms with Crippen molar-refractivity contribution in [1.82, 2.24) is 4.90 Å². The Bertz CT molecular complexity index is 567. The van der Waals surface area contributed by atoms with Gasteiger partial charge >= 0.3 is 12.0 Å². The number of halogens is 2. The molecule has 0 radical (unpaired) electrons. The molecule has 1 aliphatic heterocycles. The number of hydrogen-bond acceptors (Lipinski definition) is 2. The Kier molecular flexibility index (Phi) is 4.82. The van der Waals surface area contributed by atoms with E-state index >= 15 is 0 Å². The number of benzene rings is 1. The maximum absolute atomic E-state index is 13.2. The lowest BCUT2D eigenvalue weighted by Crippen LogP contribution is -2.53. The van der Waals surface area contributed by atoms with E-state index in [2.05, 4.69) is 21.2 Å². The number of carbonyl (C=O) groups is 2. The van der Waals surface area contributed by atoms with Gasteiger partial charge in [0.25, 0.3) is 0 Å².